The molecule has 2 heterocycles. The van der Waals surface area contributed by atoms with Crippen molar-refractivity contribution in [3.63, 3.8) is 0 Å². The summed E-state index contributed by atoms with van der Waals surface area (Å²) in [5, 5.41) is 11.9. The van der Waals surface area contributed by atoms with Crippen LogP contribution in [0.15, 0.2) is 24.3 Å². The number of amides is 1. The van der Waals surface area contributed by atoms with Crippen LogP contribution in [0.5, 0.6) is 0 Å². The molecular formula is C16H22N4O. The Hall–Kier alpha value is -1.88. The second-order valence-corrected chi connectivity index (χ2v) is 5.80. The van der Waals surface area contributed by atoms with Gasteiger partial charge in [-0.05, 0) is 37.8 Å². The van der Waals surface area contributed by atoms with Gasteiger partial charge in [0.25, 0.3) is 0 Å². The lowest BCUT2D eigenvalue weighted by atomic mass is 9.88. The molecule has 1 amide bonds. The predicted molar refractivity (Wildman–Crippen MR) is 83.0 cm³/mol. The second kappa shape index (κ2) is 5.85. The maximum absolute atomic E-state index is 11.8. The number of hydrogen-bond donors (Lipinski definition) is 2. The first-order valence-electron chi connectivity index (χ1n) is 7.54. The number of aryl methyl sites for hydroxylation is 1. The fourth-order valence-corrected chi connectivity index (χ4v) is 3.27. The van der Waals surface area contributed by atoms with Crippen LogP contribution in [-0.2, 0) is 18.3 Å². The Morgan fingerprint density at radius 3 is 3.10 bits per heavy atom. The molecule has 2 N–H and O–H groups in total. The summed E-state index contributed by atoms with van der Waals surface area (Å²) in [4.78, 5) is 11.8. The van der Waals surface area contributed by atoms with Gasteiger partial charge in [-0.15, -0.1) is 0 Å². The summed E-state index contributed by atoms with van der Waals surface area (Å²) in [5.41, 5.74) is 2.32. The Balaban J connectivity index is 1.77. The van der Waals surface area contributed by atoms with Crippen molar-refractivity contribution < 1.29 is 4.79 Å². The second-order valence-electron chi connectivity index (χ2n) is 5.80. The molecule has 2 unspecified atom stereocenters. The summed E-state index contributed by atoms with van der Waals surface area (Å²) < 4.78 is 1.95. The number of fused-ring (bicyclic) bond motifs is 1. The van der Waals surface area contributed by atoms with Crippen molar-refractivity contribution in [3.05, 3.63) is 30.0 Å². The van der Waals surface area contributed by atoms with Crippen LogP contribution >= 0.6 is 0 Å². The van der Waals surface area contributed by atoms with E-state index in [4.69, 9.17) is 0 Å². The van der Waals surface area contributed by atoms with Gasteiger partial charge in [0.15, 0.2) is 0 Å². The van der Waals surface area contributed by atoms with E-state index in [2.05, 4.69) is 33.9 Å². The lowest BCUT2D eigenvalue weighted by Crippen LogP contribution is -2.48. The maximum atomic E-state index is 11.8. The van der Waals surface area contributed by atoms with Gasteiger partial charge in [0, 0.05) is 19.5 Å². The van der Waals surface area contributed by atoms with E-state index in [1.807, 2.05) is 17.8 Å². The number of benzene rings is 1. The summed E-state index contributed by atoms with van der Waals surface area (Å²) in [5.74, 6) is 0.595. The van der Waals surface area contributed by atoms with Crippen LogP contribution in [0.25, 0.3) is 10.9 Å². The molecule has 1 saturated heterocycles. The molecule has 1 aromatic heterocycles. The number of aromatic nitrogens is 2. The smallest absolute Gasteiger partial charge is 0.236 e. The van der Waals surface area contributed by atoms with E-state index < -0.39 is 0 Å². The number of likely N-dealkylation sites (N-methyl/N-ethyl adjacent to an activating group) is 1. The summed E-state index contributed by atoms with van der Waals surface area (Å²) in [7, 11) is 3.68. The maximum Gasteiger partial charge on any atom is 0.236 e. The van der Waals surface area contributed by atoms with Crippen LogP contribution in [0, 0.1) is 5.92 Å². The number of piperidine rings is 1. The van der Waals surface area contributed by atoms with Gasteiger partial charge in [-0.25, -0.2) is 0 Å². The van der Waals surface area contributed by atoms with Gasteiger partial charge in [-0.2, -0.15) is 5.10 Å². The van der Waals surface area contributed by atoms with E-state index in [-0.39, 0.29) is 11.9 Å². The van der Waals surface area contributed by atoms with E-state index in [0.717, 1.165) is 31.5 Å². The first kappa shape index (κ1) is 14.1. The van der Waals surface area contributed by atoms with Crippen molar-refractivity contribution in [1.29, 1.82) is 0 Å². The highest BCUT2D eigenvalue weighted by atomic mass is 16.2. The van der Waals surface area contributed by atoms with E-state index in [1.165, 1.54) is 10.9 Å². The number of nitrogens with zero attached hydrogens (tertiary/aromatic N) is 2. The zero-order valence-electron chi connectivity index (χ0n) is 12.6. The number of nitrogens with one attached hydrogen (secondary N) is 2. The third-order valence-corrected chi connectivity index (χ3v) is 4.39. The standard InChI is InChI=1S/C16H22N4O/c1-17-16(21)14-10-11(7-8-18-14)9-13-12-5-3-4-6-15(12)20(2)19-13/h3-6,11,14,18H,7-10H2,1-2H3,(H,17,21). The van der Waals surface area contributed by atoms with Crippen molar-refractivity contribution in [2.24, 2.45) is 13.0 Å². The average Bonchev–Trinajstić information content (AvgIpc) is 2.83. The number of carbonyl (C=O) groups is 1. The van der Waals surface area contributed by atoms with Gasteiger partial charge >= 0.3 is 0 Å². The van der Waals surface area contributed by atoms with Crippen LogP contribution in [-0.4, -0.2) is 35.3 Å². The number of rotatable bonds is 3. The van der Waals surface area contributed by atoms with E-state index in [1.54, 1.807) is 7.05 Å². The van der Waals surface area contributed by atoms with Crippen molar-refractivity contribution in [2.75, 3.05) is 13.6 Å². The third-order valence-electron chi connectivity index (χ3n) is 4.39. The average molecular weight is 286 g/mol. The van der Waals surface area contributed by atoms with Crippen LogP contribution in [0.2, 0.25) is 0 Å². The molecule has 1 fully saturated rings. The molecule has 1 aliphatic heterocycles. The molecule has 0 radical (unpaired) electrons. The van der Waals surface area contributed by atoms with Gasteiger partial charge in [0.05, 0.1) is 17.3 Å². The quantitative estimate of drug-likeness (QED) is 0.892. The summed E-state index contributed by atoms with van der Waals surface area (Å²) in [6, 6.07) is 8.27. The highest BCUT2D eigenvalue weighted by Gasteiger charge is 2.27. The zero-order chi connectivity index (χ0) is 14.8. The minimum Gasteiger partial charge on any atom is -0.358 e. The number of carbonyl (C=O) groups excluding carboxylic acids is 1. The van der Waals surface area contributed by atoms with Crippen molar-refractivity contribution in [3.8, 4) is 0 Å². The lowest BCUT2D eigenvalue weighted by Gasteiger charge is -2.28. The number of para-hydroxylation sites is 1. The SMILES string of the molecule is CNC(=O)C1CC(Cc2nn(C)c3ccccc23)CCN1. The van der Waals surface area contributed by atoms with Crippen molar-refractivity contribution in [2.45, 2.75) is 25.3 Å². The molecule has 2 aromatic rings. The topological polar surface area (TPSA) is 59.0 Å². The van der Waals surface area contributed by atoms with E-state index in [9.17, 15) is 4.79 Å². The van der Waals surface area contributed by atoms with Crippen molar-refractivity contribution >= 4 is 16.8 Å². The van der Waals surface area contributed by atoms with Crippen LogP contribution in [0.1, 0.15) is 18.5 Å². The Bertz CT molecular complexity index is 649. The highest BCUT2D eigenvalue weighted by Crippen LogP contribution is 2.25. The molecule has 0 bridgehead atoms. The van der Waals surface area contributed by atoms with Gasteiger partial charge in [0.2, 0.25) is 5.91 Å². The monoisotopic (exact) mass is 286 g/mol. The molecule has 3 rings (SSSR count). The zero-order valence-corrected chi connectivity index (χ0v) is 12.6. The first-order chi connectivity index (χ1) is 10.2. The minimum atomic E-state index is -0.0660. The molecule has 0 saturated carbocycles. The van der Waals surface area contributed by atoms with Crippen LogP contribution < -0.4 is 10.6 Å². The highest BCUT2D eigenvalue weighted by molar-refractivity contribution is 5.82. The summed E-state index contributed by atoms with van der Waals surface area (Å²) >= 11 is 0. The molecule has 2 atom stereocenters. The predicted octanol–water partition coefficient (Wildman–Crippen LogP) is 1.23. The molecule has 1 aliphatic rings. The van der Waals surface area contributed by atoms with Gasteiger partial charge in [0.1, 0.15) is 0 Å². The first-order valence-corrected chi connectivity index (χ1v) is 7.54. The minimum absolute atomic E-state index is 0.0660. The summed E-state index contributed by atoms with van der Waals surface area (Å²) in [6.07, 6.45) is 2.92. The molecule has 5 nitrogen and oxygen atoms in total. The van der Waals surface area contributed by atoms with Gasteiger partial charge in [-0.3, -0.25) is 9.48 Å². The fraction of sp³-hybridized carbons (Fsp3) is 0.500. The Kier molecular flexibility index (Phi) is 3.92. The molecule has 21 heavy (non-hydrogen) atoms. The molecule has 1 aromatic carbocycles. The third kappa shape index (κ3) is 2.78. The Morgan fingerprint density at radius 2 is 2.29 bits per heavy atom. The van der Waals surface area contributed by atoms with Gasteiger partial charge < -0.3 is 10.6 Å². The van der Waals surface area contributed by atoms with Crippen molar-refractivity contribution in [1.82, 2.24) is 20.4 Å². The Labute approximate surface area is 124 Å². The van der Waals surface area contributed by atoms with Gasteiger partial charge in [-0.1, -0.05) is 18.2 Å². The summed E-state index contributed by atoms with van der Waals surface area (Å²) in [6.45, 7) is 0.896. The molecule has 5 heteroatoms. The van der Waals surface area contributed by atoms with Crippen LogP contribution in [0.3, 0.4) is 0 Å². The number of hydrogen-bond acceptors (Lipinski definition) is 3. The molecule has 0 aliphatic carbocycles. The fourth-order valence-electron chi connectivity index (χ4n) is 3.27. The van der Waals surface area contributed by atoms with E-state index >= 15 is 0 Å². The molecular weight excluding hydrogens is 264 g/mol. The Morgan fingerprint density at radius 1 is 1.48 bits per heavy atom. The molecule has 112 valence electrons. The lowest BCUT2D eigenvalue weighted by molar-refractivity contribution is -0.123. The largest absolute Gasteiger partial charge is 0.358 e. The normalized spacial score (nSPS) is 22.4. The van der Waals surface area contributed by atoms with E-state index in [0.29, 0.717) is 5.92 Å². The van der Waals surface area contributed by atoms with Crippen LogP contribution in [0.4, 0.5) is 0 Å². The molecule has 0 spiro atoms.